The fraction of sp³-hybridized carbons (Fsp3) is 0.816. The van der Waals surface area contributed by atoms with Gasteiger partial charge in [0.15, 0.2) is 0 Å². The number of carboxylic acid groups (broad SMARTS) is 1. The number of likely N-dealkylation sites (N-methyl/N-ethyl adjacent to an activating group) is 2. The number of nitrogens with zero attached hydrogens (tertiary/aromatic N) is 7. The second-order valence-electron chi connectivity index (χ2n) is 33.4. The third-order valence-corrected chi connectivity index (χ3v) is 16.9. The van der Waals surface area contributed by atoms with Gasteiger partial charge in [0, 0.05) is 93.6 Å². The molecule has 6 N–H and O–H groups in total. The topological polar surface area (TPSA) is 257 Å². The number of halogens is 2. The van der Waals surface area contributed by atoms with Crippen LogP contribution >= 0.6 is 0 Å². The highest BCUT2D eigenvalue weighted by Crippen LogP contribution is 2.35. The lowest BCUT2D eigenvalue weighted by atomic mass is 9.84. The first-order chi connectivity index (χ1) is 49.2. The number of amides is 3. The predicted octanol–water partition coefficient (Wildman–Crippen LogP) is 22.2. The summed E-state index contributed by atoms with van der Waals surface area (Å²) in [6.07, 6.45) is 17.7. The number of aliphatic hydroxyl groups is 1. The Morgan fingerprint density at radius 3 is 1.30 bits per heavy atom. The Morgan fingerprint density at radius 1 is 0.636 bits per heavy atom. The number of ether oxygens (including phenoxy) is 1. The number of pyridine rings is 2. The maximum atomic E-state index is 11.9. The molecule has 1 atom stereocenters. The Labute approximate surface area is 657 Å². The van der Waals surface area contributed by atoms with Crippen LogP contribution in [0.4, 0.5) is 8.78 Å². The smallest absolute Gasteiger partial charge is 0.308 e. The molecule has 3 heterocycles. The van der Waals surface area contributed by atoms with E-state index in [2.05, 4.69) is 199 Å². The quantitative estimate of drug-likeness (QED) is 0.0207. The normalized spacial score (nSPS) is 13.7. The molecule has 2 aromatic heterocycles. The van der Waals surface area contributed by atoms with Crippen LogP contribution in [0.15, 0.2) is 59.4 Å². The minimum Gasteiger partial charge on any atom is -0.481 e. The molecule has 632 valence electrons. The summed E-state index contributed by atoms with van der Waals surface area (Å²) < 4.78 is 28.4. The SMILES string of the molecule is CC(C)C.CC(C)C(=N)N=NN.CC(C)C(=O)N1CC[C@@H](O)C1.CC(C)C(=O)NC1CCCC1.CC(C)C(=O)O.CC(C)C(C)(C)C.CC(C)C(C)(F)F.CC(C)C1CC1.CC(C)c1cccnc1.CC(C)c1ccncc1.CCC(C)C.CCN(CC)CCN(CC)C(=O)CC(C)C.CCOC(=O)C(C)C. The first-order valence-electron chi connectivity index (χ1n) is 40.7. The number of aliphatic hydroxyl groups excluding tert-OH is 1. The number of amidine groups is 1. The highest BCUT2D eigenvalue weighted by Gasteiger charge is 2.27. The fourth-order valence-corrected chi connectivity index (χ4v) is 7.20. The molecule has 2 saturated carbocycles. The molecule has 0 spiro atoms. The van der Waals surface area contributed by atoms with Gasteiger partial charge >= 0.3 is 11.9 Å². The van der Waals surface area contributed by atoms with Gasteiger partial charge in [-0.05, 0) is 148 Å². The monoisotopic (exact) mass is 1520 g/mol. The van der Waals surface area contributed by atoms with Gasteiger partial charge in [0.05, 0.1) is 24.5 Å². The summed E-state index contributed by atoms with van der Waals surface area (Å²) in [6.45, 7) is 78.8. The molecule has 0 aromatic carbocycles. The van der Waals surface area contributed by atoms with E-state index < -0.39 is 17.8 Å². The number of carboxylic acids is 1. The van der Waals surface area contributed by atoms with Crippen molar-refractivity contribution < 1.29 is 47.7 Å². The van der Waals surface area contributed by atoms with Gasteiger partial charge in [-0.2, -0.15) is 0 Å². The van der Waals surface area contributed by atoms with Crippen molar-refractivity contribution in [3.8, 4) is 0 Å². The standard InChI is InChI=1S/C13H28N2O.C9H17NO.C8H15NO2.2C8H11N.C7H16.C6H12O2.C6H12.C5H10F2.C5H12.C4H10N4.C4H8O2.C4H10/c1-6-14(7-2)9-10-15(8-3)13(16)11-12(4)5;1-7(2)9(11)10-8-5-3-4-6-8;1-6(2)8(11)9-4-3-7(10)5-9;1-7(2)8-3-5-9-6-4-8;1-7(2)8-4-3-5-9-6-8;1-6(2)7(3,4)5;1-4-8-6(7)5(2)3;1-5(2)6-3-4-6;1-4(2)5(3,6)7;1-4-5(2)3;1-3(2)4(5)7-8-6;1-3(2)4(5)6;1-4(2)3/h12H,6-11H2,1-5H3;7-8H,3-6H2,1-2H3,(H,10,11);6-7,10H,3-5H2,1-2H3;2*3-7H,1-2H3;6H,1-5H3;5H,4H2,1-3H3;5-6H,3-4H2,1-2H3;4H,1-3H3;5H,4H2,1-3H3;3H,1-2H3,(H3,5,6,7);3H,1-2H3,(H,5,6);4H,1-3H3/t;;7-;;;;;;;;;;/m..1........../s1. The number of likely N-dealkylation sites (tertiary alicyclic amines) is 1. The van der Waals surface area contributed by atoms with Gasteiger partial charge in [0.1, 0.15) is 5.84 Å². The number of nitrogens with one attached hydrogen (secondary N) is 2. The van der Waals surface area contributed by atoms with E-state index in [9.17, 15) is 32.8 Å². The summed E-state index contributed by atoms with van der Waals surface area (Å²) in [6, 6.07) is 8.63. The molecule has 18 nitrogen and oxygen atoms in total. The number of aromatic nitrogens is 2. The van der Waals surface area contributed by atoms with Gasteiger partial charge in [-0.25, -0.2) is 8.78 Å². The first kappa shape index (κ1) is 117. The molecule has 0 radical (unpaired) electrons. The van der Waals surface area contributed by atoms with E-state index in [1.165, 1.54) is 69.9 Å². The van der Waals surface area contributed by atoms with Gasteiger partial charge in [-0.3, -0.25) is 39.3 Å². The van der Waals surface area contributed by atoms with Crippen LogP contribution < -0.4 is 11.2 Å². The molecule has 0 unspecified atom stereocenters. The van der Waals surface area contributed by atoms with Crippen LogP contribution in [0.1, 0.15) is 330 Å². The maximum absolute atomic E-state index is 11.9. The fourth-order valence-electron chi connectivity index (χ4n) is 7.20. The van der Waals surface area contributed by atoms with Crippen molar-refractivity contribution >= 4 is 35.5 Å². The average Bonchev–Trinajstić information content (AvgIpc) is 2.04. The van der Waals surface area contributed by atoms with Crippen molar-refractivity contribution in [1.82, 2.24) is 30.0 Å². The highest BCUT2D eigenvalue weighted by atomic mass is 19.3. The number of carbonyl (C=O) groups excluding carboxylic acids is 4. The second-order valence-corrected chi connectivity index (χ2v) is 33.4. The molecular formula is C87H172F2N10O8. The number of hydrogen-bond acceptors (Lipinski definition) is 12. The van der Waals surface area contributed by atoms with Gasteiger partial charge in [0.25, 0.3) is 0 Å². The minimum atomic E-state index is -2.50. The van der Waals surface area contributed by atoms with Crippen molar-refractivity contribution in [2.24, 2.45) is 92.6 Å². The molecule has 0 bridgehead atoms. The van der Waals surface area contributed by atoms with Crippen molar-refractivity contribution in [3.05, 3.63) is 60.2 Å². The van der Waals surface area contributed by atoms with E-state index in [0.717, 1.165) is 82.2 Å². The van der Waals surface area contributed by atoms with E-state index in [1.54, 1.807) is 31.9 Å². The zero-order chi connectivity index (χ0) is 85.5. The number of carbonyl (C=O) groups is 5. The maximum Gasteiger partial charge on any atom is 0.308 e. The number of aliphatic carboxylic acids is 1. The van der Waals surface area contributed by atoms with E-state index >= 15 is 0 Å². The van der Waals surface area contributed by atoms with Crippen LogP contribution in [0.5, 0.6) is 0 Å². The lowest BCUT2D eigenvalue weighted by Crippen LogP contribution is -2.38. The Bertz CT molecular complexity index is 2350. The van der Waals surface area contributed by atoms with E-state index in [4.69, 9.17) is 15.6 Å². The number of rotatable bonds is 20. The second kappa shape index (κ2) is 70.9. The lowest BCUT2D eigenvalue weighted by Gasteiger charge is -2.26. The van der Waals surface area contributed by atoms with Gasteiger partial charge in [-0.1, -0.05) is 259 Å². The van der Waals surface area contributed by atoms with E-state index in [-0.39, 0.29) is 59.3 Å². The Balaban J connectivity index is -0.000000168. The third kappa shape index (κ3) is 82.8. The van der Waals surface area contributed by atoms with E-state index in [1.807, 2.05) is 97.1 Å². The van der Waals surface area contributed by atoms with Gasteiger partial charge < -0.3 is 40.8 Å². The van der Waals surface area contributed by atoms with Crippen molar-refractivity contribution in [1.29, 1.82) is 5.41 Å². The third-order valence-electron chi connectivity index (χ3n) is 16.9. The van der Waals surface area contributed by atoms with E-state index in [0.29, 0.717) is 54.7 Å². The minimum absolute atomic E-state index is 0.00921. The number of esters is 1. The predicted molar refractivity (Wildman–Crippen MR) is 452 cm³/mol. The highest BCUT2D eigenvalue weighted by molar-refractivity contribution is 5.81. The molecule has 2 aliphatic carbocycles. The first-order valence-corrected chi connectivity index (χ1v) is 40.7. The zero-order valence-electron chi connectivity index (χ0n) is 75.7. The summed E-state index contributed by atoms with van der Waals surface area (Å²) in [5, 5.41) is 33.4. The van der Waals surface area contributed by atoms with Crippen LogP contribution in [-0.4, -0.2) is 141 Å². The molecule has 3 aliphatic rings. The van der Waals surface area contributed by atoms with Crippen LogP contribution in [0.25, 0.3) is 0 Å². The van der Waals surface area contributed by atoms with Crippen molar-refractivity contribution in [3.63, 3.8) is 0 Å². The Kier molecular flexibility index (Phi) is 77.7. The van der Waals surface area contributed by atoms with Gasteiger partial charge in [-0.15, -0.1) is 5.11 Å². The molecule has 107 heavy (non-hydrogen) atoms. The molecular weight excluding hydrogens is 1350 g/mol. The molecule has 3 amide bonds. The molecule has 2 aromatic rings. The van der Waals surface area contributed by atoms with Crippen LogP contribution in [-0.2, 0) is 28.7 Å². The number of hydrogen-bond donors (Lipinski definition) is 5. The molecule has 1 aliphatic heterocycles. The van der Waals surface area contributed by atoms with Crippen molar-refractivity contribution in [2.45, 2.75) is 337 Å². The van der Waals surface area contributed by atoms with Crippen LogP contribution in [0.2, 0.25) is 0 Å². The average molecular weight is 1520 g/mol. The molecule has 3 fully saturated rings. The van der Waals surface area contributed by atoms with Gasteiger partial charge in [0.2, 0.25) is 23.6 Å². The Morgan fingerprint density at radius 2 is 1.08 bits per heavy atom. The summed E-state index contributed by atoms with van der Waals surface area (Å²) in [7, 11) is 0. The zero-order valence-corrected chi connectivity index (χ0v) is 75.7. The summed E-state index contributed by atoms with van der Waals surface area (Å²) in [5.41, 5.74) is 3.16. The lowest BCUT2D eigenvalue weighted by molar-refractivity contribution is -0.146. The Hall–Kier alpha value is -5.50. The number of alkyl halides is 2. The summed E-state index contributed by atoms with van der Waals surface area (Å²) >= 11 is 0. The van der Waals surface area contributed by atoms with Crippen molar-refractivity contribution in [2.75, 3.05) is 52.4 Å². The molecule has 20 heteroatoms. The number of nitrogens with two attached hydrogens (primary N) is 1. The largest absolute Gasteiger partial charge is 0.481 e. The molecule has 5 rings (SSSR count). The van der Waals surface area contributed by atoms with Crippen LogP contribution in [0, 0.1) is 81.8 Å². The number of β-amino-alcohol motifs (C(OH)–C–C–N with tert-alkyl or cyclic N) is 1. The summed E-state index contributed by atoms with van der Waals surface area (Å²) in [4.78, 5) is 68.6. The summed E-state index contributed by atoms with van der Waals surface area (Å²) in [5.74, 6) is 7.99. The molecule has 1 saturated heterocycles. The van der Waals surface area contributed by atoms with Crippen LogP contribution in [0.3, 0.4) is 0 Å².